The Morgan fingerprint density at radius 1 is 1.22 bits per heavy atom. The van der Waals surface area contributed by atoms with Crippen LogP contribution in [0.25, 0.3) is 0 Å². The van der Waals surface area contributed by atoms with Gasteiger partial charge in [-0.15, -0.1) is 0 Å². The first kappa shape index (κ1) is 14.4. The van der Waals surface area contributed by atoms with E-state index in [0.717, 1.165) is 11.0 Å². The summed E-state index contributed by atoms with van der Waals surface area (Å²) >= 11 is 0. The fraction of sp³-hybridized carbons (Fsp3) is 0.231. The van der Waals surface area contributed by atoms with Gasteiger partial charge in [-0.2, -0.15) is 0 Å². The van der Waals surface area contributed by atoms with E-state index in [0.29, 0.717) is 5.57 Å². The Kier molecular flexibility index (Phi) is 4.29. The number of rotatable bonds is 3. The van der Waals surface area contributed by atoms with Crippen molar-refractivity contribution in [2.45, 2.75) is 25.7 Å². The second-order valence-electron chi connectivity index (χ2n) is 4.25. The minimum atomic E-state index is -3.72. The van der Waals surface area contributed by atoms with Crippen LogP contribution in [0.1, 0.15) is 19.4 Å². The molecule has 5 heteroatoms. The van der Waals surface area contributed by atoms with E-state index in [9.17, 15) is 12.8 Å². The van der Waals surface area contributed by atoms with Crippen LogP contribution < -0.4 is 5.73 Å². The minimum absolute atomic E-state index is 0.0950. The van der Waals surface area contributed by atoms with E-state index in [1.54, 1.807) is 12.1 Å². The van der Waals surface area contributed by atoms with Crippen molar-refractivity contribution < 1.29 is 12.8 Å². The average Bonchev–Trinajstić information content (AvgIpc) is 2.27. The Labute approximate surface area is 107 Å². The summed E-state index contributed by atoms with van der Waals surface area (Å²) in [6, 6.07) is 6.28. The van der Waals surface area contributed by atoms with Gasteiger partial charge >= 0.3 is 0 Å². The van der Waals surface area contributed by atoms with Gasteiger partial charge in [-0.3, -0.25) is 0 Å². The molecule has 0 fully saturated rings. The van der Waals surface area contributed by atoms with Gasteiger partial charge in [0.2, 0.25) is 9.84 Å². The molecular weight excluding hydrogens is 253 g/mol. The molecule has 0 bridgehead atoms. The number of sulfone groups is 1. The third-order valence-electron chi connectivity index (χ3n) is 2.32. The number of allylic oxidation sites excluding steroid dienone is 2. The molecule has 0 radical (unpaired) electrons. The van der Waals surface area contributed by atoms with Gasteiger partial charge in [0.1, 0.15) is 5.83 Å². The van der Waals surface area contributed by atoms with Crippen LogP contribution in [0, 0.1) is 6.92 Å². The van der Waals surface area contributed by atoms with E-state index >= 15 is 0 Å². The molecule has 0 aliphatic carbocycles. The lowest BCUT2D eigenvalue weighted by Crippen LogP contribution is -2.05. The highest BCUT2D eigenvalue weighted by atomic mass is 32.2. The number of halogens is 1. The quantitative estimate of drug-likeness (QED) is 0.858. The molecule has 0 aliphatic rings. The molecule has 0 saturated heterocycles. The number of benzene rings is 1. The molecule has 1 aromatic rings. The number of nitrogens with two attached hydrogens (primary N) is 1. The second kappa shape index (κ2) is 5.35. The normalized spacial score (nSPS) is 12.3. The van der Waals surface area contributed by atoms with Crippen LogP contribution in [0.15, 0.2) is 51.7 Å². The van der Waals surface area contributed by atoms with Gasteiger partial charge in [0.05, 0.1) is 16.0 Å². The Bertz CT molecular complexity index is 594. The van der Waals surface area contributed by atoms with E-state index in [1.807, 2.05) is 6.92 Å². The molecule has 98 valence electrons. The summed E-state index contributed by atoms with van der Waals surface area (Å²) in [6.07, 6.45) is 0. The van der Waals surface area contributed by atoms with Gasteiger partial charge in [0, 0.05) is 0 Å². The van der Waals surface area contributed by atoms with Gasteiger partial charge in [0.25, 0.3) is 0 Å². The highest BCUT2D eigenvalue weighted by molar-refractivity contribution is 7.94. The summed E-state index contributed by atoms with van der Waals surface area (Å²) < 4.78 is 37.3. The van der Waals surface area contributed by atoms with E-state index in [2.05, 4.69) is 0 Å². The Morgan fingerprint density at radius 2 is 1.72 bits per heavy atom. The summed E-state index contributed by atoms with van der Waals surface area (Å²) in [5.74, 6) is -0.703. The molecule has 0 aromatic heterocycles. The smallest absolute Gasteiger partial charge is 0.201 e. The van der Waals surface area contributed by atoms with Crippen LogP contribution in [-0.4, -0.2) is 8.42 Å². The Morgan fingerprint density at radius 3 is 2.17 bits per heavy atom. The zero-order valence-corrected chi connectivity index (χ0v) is 11.4. The van der Waals surface area contributed by atoms with Gasteiger partial charge in [-0.1, -0.05) is 17.7 Å². The molecule has 0 saturated carbocycles. The lowest BCUT2D eigenvalue weighted by Gasteiger charge is -2.03. The van der Waals surface area contributed by atoms with Crippen molar-refractivity contribution in [3.8, 4) is 0 Å². The fourth-order valence-corrected chi connectivity index (χ4v) is 2.39. The molecule has 0 aliphatic heterocycles. The summed E-state index contributed by atoms with van der Waals surface area (Å²) in [6.45, 7) is 4.90. The van der Waals surface area contributed by atoms with Crippen molar-refractivity contribution in [2.75, 3.05) is 0 Å². The molecule has 1 rings (SSSR count). The Hall–Kier alpha value is -1.62. The molecule has 0 spiro atoms. The first-order valence-corrected chi connectivity index (χ1v) is 6.91. The molecule has 0 atom stereocenters. The highest BCUT2D eigenvalue weighted by Gasteiger charge is 2.13. The SMILES string of the molecule is CC(C)=C(F)/C(N)=C/S(=O)(=O)c1ccc(C)cc1. The van der Waals surface area contributed by atoms with Gasteiger partial charge < -0.3 is 5.73 Å². The number of aryl methyl sites for hydroxylation is 1. The van der Waals surface area contributed by atoms with E-state index < -0.39 is 15.7 Å². The standard InChI is InChI=1S/C13H16FNO2S/c1-9(2)13(14)12(15)8-18(16,17)11-6-4-10(3)5-7-11/h4-8H,15H2,1-3H3/b12-8-. The zero-order valence-electron chi connectivity index (χ0n) is 10.6. The Balaban J connectivity index is 3.21. The molecule has 0 unspecified atom stereocenters. The summed E-state index contributed by atoms with van der Waals surface area (Å²) in [5.41, 5.74) is 6.32. The van der Waals surface area contributed by atoms with E-state index in [1.165, 1.54) is 26.0 Å². The average molecular weight is 269 g/mol. The molecule has 18 heavy (non-hydrogen) atoms. The van der Waals surface area contributed by atoms with Gasteiger partial charge in [-0.05, 0) is 38.5 Å². The second-order valence-corrected chi connectivity index (χ2v) is 6.04. The lowest BCUT2D eigenvalue weighted by atomic mass is 10.2. The predicted molar refractivity (Wildman–Crippen MR) is 70.1 cm³/mol. The monoisotopic (exact) mass is 269 g/mol. The number of hydrogen-bond acceptors (Lipinski definition) is 3. The fourth-order valence-electron chi connectivity index (χ4n) is 1.30. The van der Waals surface area contributed by atoms with E-state index in [-0.39, 0.29) is 10.6 Å². The molecule has 1 aromatic carbocycles. The first-order chi connectivity index (χ1) is 8.24. The van der Waals surface area contributed by atoms with Crippen molar-refractivity contribution in [1.82, 2.24) is 0 Å². The van der Waals surface area contributed by atoms with Crippen LogP contribution in [0.4, 0.5) is 4.39 Å². The predicted octanol–water partition coefficient (Wildman–Crippen LogP) is 2.83. The molecule has 3 nitrogen and oxygen atoms in total. The van der Waals surface area contributed by atoms with Crippen LogP contribution >= 0.6 is 0 Å². The van der Waals surface area contributed by atoms with Crippen LogP contribution in [0.3, 0.4) is 0 Å². The maximum Gasteiger partial charge on any atom is 0.201 e. The molecule has 0 heterocycles. The van der Waals surface area contributed by atoms with Crippen molar-refractivity contribution in [2.24, 2.45) is 5.73 Å². The summed E-state index contributed by atoms with van der Waals surface area (Å²) in [4.78, 5) is 0.0950. The lowest BCUT2D eigenvalue weighted by molar-refractivity contribution is 0.602. The van der Waals surface area contributed by atoms with Crippen molar-refractivity contribution in [1.29, 1.82) is 0 Å². The first-order valence-electron chi connectivity index (χ1n) is 5.36. The topological polar surface area (TPSA) is 60.2 Å². The van der Waals surface area contributed by atoms with E-state index in [4.69, 9.17) is 5.73 Å². The maximum atomic E-state index is 13.5. The summed E-state index contributed by atoms with van der Waals surface area (Å²) in [7, 11) is -3.72. The summed E-state index contributed by atoms with van der Waals surface area (Å²) in [5, 5.41) is 0.750. The maximum absolute atomic E-state index is 13.5. The molecule has 2 N–H and O–H groups in total. The van der Waals surface area contributed by atoms with Crippen molar-refractivity contribution >= 4 is 9.84 Å². The van der Waals surface area contributed by atoms with Crippen LogP contribution in [-0.2, 0) is 9.84 Å². The van der Waals surface area contributed by atoms with Gasteiger partial charge in [-0.25, -0.2) is 12.8 Å². The van der Waals surface area contributed by atoms with Crippen molar-refractivity contribution in [3.63, 3.8) is 0 Å². The minimum Gasteiger partial charge on any atom is -0.396 e. The molecule has 0 amide bonds. The third kappa shape index (κ3) is 3.43. The number of hydrogen-bond donors (Lipinski definition) is 1. The van der Waals surface area contributed by atoms with Crippen LogP contribution in [0.2, 0.25) is 0 Å². The van der Waals surface area contributed by atoms with Crippen LogP contribution in [0.5, 0.6) is 0 Å². The van der Waals surface area contributed by atoms with Crippen molar-refractivity contribution in [3.05, 3.63) is 52.3 Å². The highest BCUT2D eigenvalue weighted by Crippen LogP contribution is 2.18. The largest absolute Gasteiger partial charge is 0.396 e. The van der Waals surface area contributed by atoms with Gasteiger partial charge in [0.15, 0.2) is 0 Å². The zero-order chi connectivity index (χ0) is 13.9. The third-order valence-corrected chi connectivity index (χ3v) is 3.82. The molecular formula is C13H16FNO2S.